The van der Waals surface area contributed by atoms with Crippen molar-refractivity contribution in [3.8, 4) is 0 Å². The molecule has 0 aliphatic rings. The van der Waals surface area contributed by atoms with Crippen molar-refractivity contribution in [1.82, 2.24) is 19.9 Å². The lowest BCUT2D eigenvalue weighted by molar-refractivity contribution is 0.0937. The highest BCUT2D eigenvalue weighted by molar-refractivity contribution is 5.96. The van der Waals surface area contributed by atoms with Crippen molar-refractivity contribution >= 4 is 17.4 Å². The summed E-state index contributed by atoms with van der Waals surface area (Å²) in [6, 6.07) is 5.57. The second kappa shape index (κ2) is 7.06. The average molecular weight is 369 g/mol. The molecule has 3 heterocycles. The Hall–Kier alpha value is -2.83. The molecule has 0 aromatic carbocycles. The molecule has 3 aromatic rings. The molecule has 7 heteroatoms. The van der Waals surface area contributed by atoms with Gasteiger partial charge >= 0.3 is 0 Å². The Kier molecular flexibility index (Phi) is 4.95. The molecule has 0 spiro atoms. The van der Waals surface area contributed by atoms with Gasteiger partial charge in [-0.15, -0.1) is 0 Å². The van der Waals surface area contributed by atoms with Crippen molar-refractivity contribution in [3.63, 3.8) is 0 Å². The third-order valence-corrected chi connectivity index (χ3v) is 4.29. The molecule has 0 saturated heterocycles. The molecule has 0 bridgehead atoms. The van der Waals surface area contributed by atoms with E-state index in [0.29, 0.717) is 23.4 Å². The van der Waals surface area contributed by atoms with Crippen LogP contribution in [-0.4, -0.2) is 26.0 Å². The van der Waals surface area contributed by atoms with Gasteiger partial charge in [-0.05, 0) is 46.8 Å². The number of aromatic nitrogens is 3. The quantitative estimate of drug-likeness (QED) is 0.713. The van der Waals surface area contributed by atoms with Crippen LogP contribution < -0.4 is 10.6 Å². The molecule has 7 nitrogen and oxygen atoms in total. The highest BCUT2D eigenvalue weighted by Gasteiger charge is 2.25. The second-order valence-electron chi connectivity index (χ2n) is 7.76. The lowest BCUT2D eigenvalue weighted by Gasteiger charge is -2.24. The zero-order valence-corrected chi connectivity index (χ0v) is 16.8. The maximum Gasteiger partial charge on any atom is 0.257 e. The first-order valence-corrected chi connectivity index (χ1v) is 9.22. The molecule has 1 amide bonds. The van der Waals surface area contributed by atoms with E-state index in [4.69, 9.17) is 9.51 Å². The van der Waals surface area contributed by atoms with Gasteiger partial charge in [-0.3, -0.25) is 9.20 Å². The summed E-state index contributed by atoms with van der Waals surface area (Å²) in [6.45, 7) is 11.9. The number of imidazole rings is 1. The van der Waals surface area contributed by atoms with Crippen LogP contribution in [0, 0.1) is 6.92 Å². The third-order valence-electron chi connectivity index (χ3n) is 4.29. The number of nitrogens with one attached hydrogen (secondary N) is 2. The van der Waals surface area contributed by atoms with Crippen molar-refractivity contribution in [2.75, 3.05) is 5.32 Å². The SMILES string of the molecule is CCc1onc(C)c1C(=O)N[C@@H](C)c1nc2ccccn2c1NC(C)(C)C. The number of anilines is 1. The first-order valence-electron chi connectivity index (χ1n) is 9.22. The van der Waals surface area contributed by atoms with E-state index < -0.39 is 0 Å². The van der Waals surface area contributed by atoms with Crippen LogP contribution in [0.3, 0.4) is 0 Å². The summed E-state index contributed by atoms with van der Waals surface area (Å²) in [4.78, 5) is 17.6. The first-order chi connectivity index (χ1) is 12.7. The first kappa shape index (κ1) is 18.9. The number of rotatable bonds is 5. The minimum atomic E-state index is -0.291. The largest absolute Gasteiger partial charge is 0.365 e. The van der Waals surface area contributed by atoms with E-state index in [1.165, 1.54) is 0 Å². The zero-order valence-electron chi connectivity index (χ0n) is 16.8. The fraction of sp³-hybridized carbons (Fsp3) is 0.450. The number of hydrogen-bond donors (Lipinski definition) is 2. The van der Waals surface area contributed by atoms with Gasteiger partial charge < -0.3 is 15.2 Å². The van der Waals surface area contributed by atoms with E-state index in [2.05, 4.69) is 36.6 Å². The molecule has 0 unspecified atom stereocenters. The van der Waals surface area contributed by atoms with Crippen LogP contribution >= 0.6 is 0 Å². The van der Waals surface area contributed by atoms with Crippen LogP contribution in [0.25, 0.3) is 5.65 Å². The van der Waals surface area contributed by atoms with Gasteiger partial charge in [0.25, 0.3) is 5.91 Å². The molecule has 3 aromatic heterocycles. The smallest absolute Gasteiger partial charge is 0.257 e. The van der Waals surface area contributed by atoms with Crippen LogP contribution in [0.4, 0.5) is 5.82 Å². The molecule has 0 saturated carbocycles. The molecular formula is C20H27N5O2. The molecule has 0 aliphatic heterocycles. The molecule has 3 rings (SSSR count). The number of pyridine rings is 1. The summed E-state index contributed by atoms with van der Waals surface area (Å²) in [5.41, 5.74) is 2.58. The second-order valence-corrected chi connectivity index (χ2v) is 7.76. The summed E-state index contributed by atoms with van der Waals surface area (Å²) in [5, 5.41) is 10.5. The predicted molar refractivity (Wildman–Crippen MR) is 105 cm³/mol. The van der Waals surface area contributed by atoms with E-state index in [9.17, 15) is 4.79 Å². The van der Waals surface area contributed by atoms with E-state index >= 15 is 0 Å². The van der Waals surface area contributed by atoms with Crippen molar-refractivity contribution < 1.29 is 9.32 Å². The Morgan fingerprint density at radius 1 is 1.33 bits per heavy atom. The average Bonchev–Trinajstić information content (AvgIpc) is 3.14. The molecule has 2 N–H and O–H groups in total. The normalized spacial score (nSPS) is 13.0. The number of nitrogens with zero attached hydrogens (tertiary/aromatic N) is 3. The lowest BCUT2D eigenvalue weighted by atomic mass is 10.1. The van der Waals surface area contributed by atoms with Gasteiger partial charge in [0.2, 0.25) is 0 Å². The highest BCUT2D eigenvalue weighted by atomic mass is 16.5. The third kappa shape index (κ3) is 3.82. The molecule has 0 aliphatic carbocycles. The lowest BCUT2D eigenvalue weighted by Crippen LogP contribution is -2.31. The molecule has 1 atom stereocenters. The maximum absolute atomic E-state index is 12.8. The van der Waals surface area contributed by atoms with Crippen LogP contribution in [0.2, 0.25) is 0 Å². The molecule has 27 heavy (non-hydrogen) atoms. The Morgan fingerprint density at radius 2 is 2.07 bits per heavy atom. The highest BCUT2D eigenvalue weighted by Crippen LogP contribution is 2.27. The molecule has 0 radical (unpaired) electrons. The molecule has 144 valence electrons. The van der Waals surface area contributed by atoms with E-state index in [1.54, 1.807) is 6.92 Å². The Balaban J connectivity index is 1.95. The summed E-state index contributed by atoms with van der Waals surface area (Å²) in [7, 11) is 0. The van der Waals surface area contributed by atoms with E-state index in [1.807, 2.05) is 42.6 Å². The van der Waals surface area contributed by atoms with E-state index in [0.717, 1.165) is 17.2 Å². The van der Waals surface area contributed by atoms with Crippen molar-refractivity contribution in [3.05, 3.63) is 47.1 Å². The summed E-state index contributed by atoms with van der Waals surface area (Å²) >= 11 is 0. The van der Waals surface area contributed by atoms with Crippen LogP contribution in [0.15, 0.2) is 28.9 Å². The van der Waals surface area contributed by atoms with Gasteiger partial charge in [-0.1, -0.05) is 18.1 Å². The molecule has 0 fully saturated rings. The fourth-order valence-corrected chi connectivity index (χ4v) is 3.08. The van der Waals surface area contributed by atoms with Gasteiger partial charge in [0.1, 0.15) is 28.5 Å². The summed E-state index contributed by atoms with van der Waals surface area (Å²) in [6.07, 6.45) is 2.58. The van der Waals surface area contributed by atoms with Crippen LogP contribution in [-0.2, 0) is 6.42 Å². The van der Waals surface area contributed by atoms with Gasteiger partial charge in [-0.25, -0.2) is 4.98 Å². The van der Waals surface area contributed by atoms with E-state index in [-0.39, 0.29) is 17.5 Å². The summed E-state index contributed by atoms with van der Waals surface area (Å²) in [5.74, 6) is 1.28. The summed E-state index contributed by atoms with van der Waals surface area (Å²) < 4.78 is 7.25. The van der Waals surface area contributed by atoms with Crippen molar-refractivity contribution in [2.24, 2.45) is 0 Å². The number of carbonyl (C=O) groups is 1. The number of carbonyl (C=O) groups excluding carboxylic acids is 1. The molecular weight excluding hydrogens is 342 g/mol. The minimum absolute atomic E-state index is 0.148. The fourth-order valence-electron chi connectivity index (χ4n) is 3.08. The van der Waals surface area contributed by atoms with Crippen LogP contribution in [0.5, 0.6) is 0 Å². The maximum atomic E-state index is 12.8. The van der Waals surface area contributed by atoms with Crippen molar-refractivity contribution in [1.29, 1.82) is 0 Å². The monoisotopic (exact) mass is 369 g/mol. The number of hydrogen-bond acceptors (Lipinski definition) is 5. The standard InChI is InChI=1S/C20H27N5O2/c1-7-14-16(12(2)24-27-14)19(26)21-13(3)17-18(23-20(4,5)6)25-11-9-8-10-15(25)22-17/h8-11,13,23H,7H2,1-6H3,(H,21,26)/t13-/m0/s1. The number of fused-ring (bicyclic) bond motifs is 1. The van der Waals surface area contributed by atoms with Crippen LogP contribution in [0.1, 0.15) is 68.2 Å². The van der Waals surface area contributed by atoms with Crippen molar-refractivity contribution in [2.45, 2.75) is 59.5 Å². The number of aryl methyl sites for hydroxylation is 2. The number of amides is 1. The minimum Gasteiger partial charge on any atom is -0.365 e. The zero-order chi connectivity index (χ0) is 19.8. The predicted octanol–water partition coefficient (Wildman–Crippen LogP) is 3.89. The topological polar surface area (TPSA) is 84.5 Å². The van der Waals surface area contributed by atoms with Gasteiger partial charge in [0.05, 0.1) is 11.7 Å². The Morgan fingerprint density at radius 3 is 2.74 bits per heavy atom. The van der Waals surface area contributed by atoms with Gasteiger partial charge in [-0.2, -0.15) is 0 Å². The van der Waals surface area contributed by atoms with Gasteiger partial charge in [0, 0.05) is 18.2 Å². The Labute approximate surface area is 159 Å². The Bertz CT molecular complexity index is 965. The van der Waals surface area contributed by atoms with Gasteiger partial charge in [0.15, 0.2) is 0 Å².